The first kappa shape index (κ1) is 16.5. The molecule has 0 radical (unpaired) electrons. The Hall–Kier alpha value is -2.37. The molecule has 2 N–H and O–H groups in total. The van der Waals surface area contributed by atoms with Crippen LogP contribution >= 0.6 is 0 Å². The highest BCUT2D eigenvalue weighted by molar-refractivity contribution is 6.15. The number of carboxylic acids is 1. The van der Waals surface area contributed by atoms with Crippen molar-refractivity contribution in [3.05, 3.63) is 35.7 Å². The zero-order chi connectivity index (χ0) is 17.1. The summed E-state index contributed by atoms with van der Waals surface area (Å²) in [6, 6.07) is 5.00. The van der Waals surface area contributed by atoms with E-state index in [2.05, 4.69) is 10.3 Å². The Morgan fingerprint density at radius 2 is 2.08 bits per heavy atom. The van der Waals surface area contributed by atoms with Crippen LogP contribution < -0.4 is 10.2 Å². The van der Waals surface area contributed by atoms with Crippen LogP contribution in [0, 0.1) is 0 Å². The second kappa shape index (κ2) is 7.03. The zero-order valence-electron chi connectivity index (χ0n) is 13.9. The minimum absolute atomic E-state index is 0.165. The number of carboxylic acid groups (broad SMARTS) is 1. The fourth-order valence-corrected chi connectivity index (χ4v) is 3.66. The van der Waals surface area contributed by atoms with Gasteiger partial charge < -0.3 is 10.4 Å². The van der Waals surface area contributed by atoms with Gasteiger partial charge in [-0.3, -0.25) is 9.69 Å². The minimum Gasteiger partial charge on any atom is -0.478 e. The SMILES string of the molecule is CCC1C(C(=O)O)=C(NC2CCCCC2)C(=O)N1c1ccccn1. The predicted molar refractivity (Wildman–Crippen MR) is 90.5 cm³/mol. The largest absolute Gasteiger partial charge is 0.478 e. The van der Waals surface area contributed by atoms with Gasteiger partial charge in [-0.05, 0) is 31.4 Å². The number of amides is 1. The third kappa shape index (κ3) is 3.00. The molecule has 0 bridgehead atoms. The number of carbonyl (C=O) groups is 2. The Morgan fingerprint density at radius 3 is 2.67 bits per heavy atom. The number of pyridine rings is 1. The molecule has 1 amide bonds. The van der Waals surface area contributed by atoms with E-state index in [1.54, 1.807) is 24.4 Å². The number of hydrogen-bond donors (Lipinski definition) is 2. The first-order valence-corrected chi connectivity index (χ1v) is 8.62. The standard InChI is InChI=1S/C18H23N3O3/c1-2-13-15(18(23)24)16(20-12-8-4-3-5-9-12)17(22)21(13)14-10-6-7-11-19-14/h6-7,10-13,20H,2-5,8-9H2,1H3,(H,23,24). The summed E-state index contributed by atoms with van der Waals surface area (Å²) in [4.78, 5) is 30.6. The Morgan fingerprint density at radius 1 is 1.33 bits per heavy atom. The number of rotatable bonds is 5. The molecule has 1 fully saturated rings. The smallest absolute Gasteiger partial charge is 0.336 e. The monoisotopic (exact) mass is 329 g/mol. The normalized spacial score (nSPS) is 22.1. The molecule has 0 aromatic carbocycles. The molecule has 6 heteroatoms. The van der Waals surface area contributed by atoms with E-state index >= 15 is 0 Å². The highest BCUT2D eigenvalue weighted by Gasteiger charge is 2.43. The molecule has 1 atom stereocenters. The van der Waals surface area contributed by atoms with Crippen molar-refractivity contribution in [1.82, 2.24) is 10.3 Å². The third-order valence-electron chi connectivity index (χ3n) is 4.81. The van der Waals surface area contributed by atoms with Crippen LogP contribution in [0.5, 0.6) is 0 Å². The summed E-state index contributed by atoms with van der Waals surface area (Å²) in [5.41, 5.74) is 0.408. The van der Waals surface area contributed by atoms with Gasteiger partial charge in [-0.15, -0.1) is 0 Å². The summed E-state index contributed by atoms with van der Waals surface area (Å²) in [6.45, 7) is 1.89. The Labute approximate surface area is 141 Å². The lowest BCUT2D eigenvalue weighted by Crippen LogP contribution is -2.39. The maximum atomic E-state index is 13.0. The Bertz CT molecular complexity index is 651. The number of nitrogens with zero attached hydrogens (tertiary/aromatic N) is 2. The van der Waals surface area contributed by atoms with Crippen LogP contribution in [-0.4, -0.2) is 34.1 Å². The lowest BCUT2D eigenvalue weighted by atomic mass is 9.95. The van der Waals surface area contributed by atoms with Crippen LogP contribution in [0.15, 0.2) is 35.7 Å². The van der Waals surface area contributed by atoms with Crippen molar-refractivity contribution < 1.29 is 14.7 Å². The minimum atomic E-state index is -1.04. The van der Waals surface area contributed by atoms with Crippen molar-refractivity contribution in [2.45, 2.75) is 57.5 Å². The molecule has 3 rings (SSSR count). The number of nitrogens with one attached hydrogen (secondary N) is 1. The summed E-state index contributed by atoms with van der Waals surface area (Å²) < 4.78 is 0. The average Bonchev–Trinajstić information content (AvgIpc) is 2.89. The Kier molecular flexibility index (Phi) is 4.83. The highest BCUT2D eigenvalue weighted by Crippen LogP contribution is 2.32. The van der Waals surface area contributed by atoms with E-state index in [4.69, 9.17) is 0 Å². The maximum Gasteiger partial charge on any atom is 0.336 e. The number of carbonyl (C=O) groups excluding carboxylic acids is 1. The van der Waals surface area contributed by atoms with Gasteiger partial charge in [0.1, 0.15) is 11.5 Å². The van der Waals surface area contributed by atoms with Crippen molar-refractivity contribution in [3.8, 4) is 0 Å². The molecule has 1 unspecified atom stereocenters. The van der Waals surface area contributed by atoms with Crippen LogP contribution in [-0.2, 0) is 9.59 Å². The van der Waals surface area contributed by atoms with Crippen molar-refractivity contribution in [1.29, 1.82) is 0 Å². The van der Waals surface area contributed by atoms with Gasteiger partial charge in [0.15, 0.2) is 0 Å². The van der Waals surface area contributed by atoms with E-state index in [1.165, 1.54) is 11.3 Å². The summed E-state index contributed by atoms with van der Waals surface area (Å²) >= 11 is 0. The van der Waals surface area contributed by atoms with Gasteiger partial charge >= 0.3 is 5.97 Å². The average molecular weight is 329 g/mol. The summed E-state index contributed by atoms with van der Waals surface area (Å²) in [6.07, 6.45) is 7.52. The van der Waals surface area contributed by atoms with Gasteiger partial charge in [0.05, 0.1) is 11.6 Å². The van der Waals surface area contributed by atoms with Gasteiger partial charge in [0, 0.05) is 12.2 Å². The Balaban J connectivity index is 1.94. The van der Waals surface area contributed by atoms with Crippen LogP contribution in [0.4, 0.5) is 5.82 Å². The van der Waals surface area contributed by atoms with E-state index in [0.29, 0.717) is 12.2 Å². The van der Waals surface area contributed by atoms with Crippen LogP contribution in [0.25, 0.3) is 0 Å². The molecule has 0 spiro atoms. The summed E-state index contributed by atoms with van der Waals surface area (Å²) in [5.74, 6) is -0.830. The van der Waals surface area contributed by atoms with E-state index in [9.17, 15) is 14.7 Å². The second-order valence-electron chi connectivity index (χ2n) is 6.36. The highest BCUT2D eigenvalue weighted by atomic mass is 16.4. The number of aromatic nitrogens is 1. The topological polar surface area (TPSA) is 82.5 Å². The van der Waals surface area contributed by atoms with Crippen molar-refractivity contribution in [3.63, 3.8) is 0 Å². The van der Waals surface area contributed by atoms with Crippen molar-refractivity contribution in [2.75, 3.05) is 4.90 Å². The lowest BCUT2D eigenvalue weighted by molar-refractivity contribution is -0.133. The van der Waals surface area contributed by atoms with E-state index in [-0.39, 0.29) is 23.2 Å². The van der Waals surface area contributed by atoms with Crippen molar-refractivity contribution >= 4 is 17.7 Å². The van der Waals surface area contributed by atoms with Gasteiger partial charge in [0.2, 0.25) is 0 Å². The van der Waals surface area contributed by atoms with Crippen molar-refractivity contribution in [2.24, 2.45) is 0 Å². The molecular weight excluding hydrogens is 306 g/mol. The molecule has 0 saturated heterocycles. The summed E-state index contributed by atoms with van der Waals surface area (Å²) in [7, 11) is 0. The number of hydrogen-bond acceptors (Lipinski definition) is 4. The third-order valence-corrected chi connectivity index (χ3v) is 4.81. The molecule has 128 valence electrons. The summed E-state index contributed by atoms with van der Waals surface area (Å²) in [5, 5.41) is 12.9. The fraction of sp³-hybridized carbons (Fsp3) is 0.500. The quantitative estimate of drug-likeness (QED) is 0.867. The number of aliphatic carboxylic acids is 1. The fourth-order valence-electron chi connectivity index (χ4n) is 3.66. The molecule has 1 aliphatic carbocycles. The van der Waals surface area contributed by atoms with Crippen LogP contribution in [0.3, 0.4) is 0 Å². The van der Waals surface area contributed by atoms with Gasteiger partial charge in [-0.25, -0.2) is 9.78 Å². The van der Waals surface area contributed by atoms with Gasteiger partial charge in [-0.2, -0.15) is 0 Å². The molecule has 1 aliphatic heterocycles. The second-order valence-corrected chi connectivity index (χ2v) is 6.36. The van der Waals surface area contributed by atoms with Gasteiger partial charge in [-0.1, -0.05) is 32.3 Å². The van der Waals surface area contributed by atoms with Gasteiger partial charge in [0.25, 0.3) is 5.91 Å². The lowest BCUT2D eigenvalue weighted by Gasteiger charge is -2.25. The van der Waals surface area contributed by atoms with E-state index in [0.717, 1.165) is 25.7 Å². The molecule has 1 saturated carbocycles. The predicted octanol–water partition coefficient (Wildman–Crippen LogP) is 2.47. The molecule has 24 heavy (non-hydrogen) atoms. The maximum absolute atomic E-state index is 13.0. The van der Waals surface area contributed by atoms with Crippen LogP contribution in [0.1, 0.15) is 45.4 Å². The van der Waals surface area contributed by atoms with E-state index in [1.807, 2.05) is 6.92 Å². The van der Waals surface area contributed by atoms with E-state index < -0.39 is 12.0 Å². The molecule has 1 aromatic rings. The first-order chi connectivity index (χ1) is 11.6. The molecule has 2 aliphatic rings. The molecule has 1 aromatic heterocycles. The van der Waals surface area contributed by atoms with Crippen LogP contribution in [0.2, 0.25) is 0 Å². The molecule has 6 nitrogen and oxygen atoms in total. The zero-order valence-corrected chi connectivity index (χ0v) is 13.9. The first-order valence-electron chi connectivity index (χ1n) is 8.62. The molecular formula is C18H23N3O3. The molecule has 2 heterocycles. The number of anilines is 1.